The summed E-state index contributed by atoms with van der Waals surface area (Å²) in [6.45, 7) is 4.80. The lowest BCUT2D eigenvalue weighted by molar-refractivity contribution is 0.281. The molecule has 1 N–H and O–H groups in total. The summed E-state index contributed by atoms with van der Waals surface area (Å²) in [5.74, 6) is 0.893. The molecule has 2 heteroatoms. The average Bonchev–Trinajstić information content (AvgIpc) is 2.41. The molecule has 0 saturated carbocycles. The fourth-order valence-electron chi connectivity index (χ4n) is 1.71. The smallest absolute Gasteiger partial charge is 0.120 e. The lowest BCUT2D eigenvalue weighted by atomic mass is 10.1. The van der Waals surface area contributed by atoms with Crippen molar-refractivity contribution in [3.05, 3.63) is 64.7 Å². The quantitative estimate of drug-likeness (QED) is 0.890. The highest BCUT2D eigenvalue weighted by Gasteiger charge is 1.99. The van der Waals surface area contributed by atoms with Crippen molar-refractivity contribution in [1.82, 2.24) is 0 Å². The molecule has 0 aliphatic rings. The Bertz CT molecular complexity index is 515. The maximum atomic E-state index is 8.96. The fourth-order valence-corrected chi connectivity index (χ4v) is 1.71. The van der Waals surface area contributed by atoms with Crippen molar-refractivity contribution in [2.24, 2.45) is 0 Å². The summed E-state index contributed by atoms with van der Waals surface area (Å²) in [7, 11) is 0. The van der Waals surface area contributed by atoms with Gasteiger partial charge in [-0.3, -0.25) is 0 Å². The van der Waals surface area contributed by atoms with Crippen molar-refractivity contribution in [1.29, 1.82) is 0 Å². The Morgan fingerprint density at radius 1 is 0.889 bits per heavy atom. The molecule has 18 heavy (non-hydrogen) atoms. The third kappa shape index (κ3) is 3.11. The maximum Gasteiger partial charge on any atom is 0.120 e. The number of aliphatic hydroxyl groups excluding tert-OH is 1. The minimum Gasteiger partial charge on any atom is -0.489 e. The molecule has 0 fully saturated rings. The molecule has 2 nitrogen and oxygen atoms in total. The minimum atomic E-state index is 0.0816. The zero-order valence-corrected chi connectivity index (χ0v) is 10.8. The van der Waals surface area contributed by atoms with E-state index in [4.69, 9.17) is 9.84 Å². The summed E-state index contributed by atoms with van der Waals surface area (Å²) >= 11 is 0. The van der Waals surface area contributed by atoms with Gasteiger partial charge in [-0.15, -0.1) is 0 Å². The first-order valence-electron chi connectivity index (χ1n) is 6.08. The number of aryl methyl sites for hydroxylation is 2. The summed E-state index contributed by atoms with van der Waals surface area (Å²) in [6, 6.07) is 13.9. The van der Waals surface area contributed by atoms with Crippen LogP contribution in [0.1, 0.15) is 22.3 Å². The Labute approximate surface area is 108 Å². The molecule has 2 aromatic rings. The highest BCUT2D eigenvalue weighted by atomic mass is 16.5. The third-order valence-electron chi connectivity index (χ3n) is 3.09. The van der Waals surface area contributed by atoms with Crippen LogP contribution in [0.5, 0.6) is 5.75 Å². The normalized spacial score (nSPS) is 10.4. The molecular weight excluding hydrogens is 224 g/mol. The van der Waals surface area contributed by atoms with Gasteiger partial charge in [-0.05, 0) is 48.2 Å². The first-order valence-corrected chi connectivity index (χ1v) is 6.08. The van der Waals surface area contributed by atoms with Crippen LogP contribution in [0.15, 0.2) is 42.5 Å². The van der Waals surface area contributed by atoms with Gasteiger partial charge in [0, 0.05) is 0 Å². The first-order chi connectivity index (χ1) is 8.69. The number of aliphatic hydroxyl groups is 1. The zero-order valence-electron chi connectivity index (χ0n) is 10.8. The van der Waals surface area contributed by atoms with E-state index in [2.05, 4.69) is 26.0 Å². The van der Waals surface area contributed by atoms with E-state index in [1.54, 1.807) is 0 Å². The van der Waals surface area contributed by atoms with E-state index in [0.717, 1.165) is 16.9 Å². The van der Waals surface area contributed by atoms with Gasteiger partial charge >= 0.3 is 0 Å². The van der Waals surface area contributed by atoms with E-state index < -0.39 is 0 Å². The summed E-state index contributed by atoms with van der Waals surface area (Å²) in [5, 5.41) is 8.96. The van der Waals surface area contributed by atoms with Crippen LogP contribution in [-0.4, -0.2) is 5.11 Å². The van der Waals surface area contributed by atoms with Crippen molar-refractivity contribution in [3.8, 4) is 5.75 Å². The van der Waals surface area contributed by atoms with Crippen LogP contribution in [0, 0.1) is 13.8 Å². The molecule has 0 aromatic heterocycles. The van der Waals surface area contributed by atoms with Gasteiger partial charge in [0.1, 0.15) is 12.4 Å². The van der Waals surface area contributed by atoms with E-state index in [1.807, 2.05) is 30.3 Å². The van der Waals surface area contributed by atoms with E-state index in [1.165, 1.54) is 11.1 Å². The lowest BCUT2D eigenvalue weighted by Crippen LogP contribution is -1.96. The topological polar surface area (TPSA) is 29.5 Å². The van der Waals surface area contributed by atoms with Crippen LogP contribution in [0.4, 0.5) is 0 Å². The van der Waals surface area contributed by atoms with Gasteiger partial charge in [-0.1, -0.05) is 30.3 Å². The molecule has 0 unspecified atom stereocenters. The second-order valence-electron chi connectivity index (χ2n) is 4.51. The van der Waals surface area contributed by atoms with Gasteiger partial charge in [-0.2, -0.15) is 0 Å². The third-order valence-corrected chi connectivity index (χ3v) is 3.09. The van der Waals surface area contributed by atoms with Crippen LogP contribution in [0.2, 0.25) is 0 Å². The SMILES string of the molecule is Cc1ccc(OCc2ccc(CO)cc2)cc1C. The predicted molar refractivity (Wildman–Crippen MR) is 72.6 cm³/mol. The average molecular weight is 242 g/mol. The Morgan fingerprint density at radius 3 is 2.17 bits per heavy atom. The van der Waals surface area contributed by atoms with E-state index >= 15 is 0 Å². The molecule has 2 rings (SSSR count). The van der Waals surface area contributed by atoms with Crippen LogP contribution in [0.25, 0.3) is 0 Å². The van der Waals surface area contributed by atoms with Crippen molar-refractivity contribution in [2.45, 2.75) is 27.1 Å². The van der Waals surface area contributed by atoms with Crippen molar-refractivity contribution < 1.29 is 9.84 Å². The summed E-state index contributed by atoms with van der Waals surface area (Å²) in [6.07, 6.45) is 0. The second kappa shape index (κ2) is 5.69. The molecule has 94 valence electrons. The number of benzene rings is 2. The van der Waals surface area contributed by atoms with Crippen LogP contribution < -0.4 is 4.74 Å². The molecule has 0 saturated heterocycles. The molecule has 0 aliphatic heterocycles. The molecular formula is C16H18O2. The van der Waals surface area contributed by atoms with Gasteiger partial charge in [-0.25, -0.2) is 0 Å². The number of hydrogen-bond acceptors (Lipinski definition) is 2. The largest absolute Gasteiger partial charge is 0.489 e. The standard InChI is InChI=1S/C16H18O2/c1-12-3-8-16(9-13(12)2)18-11-15-6-4-14(10-17)5-7-15/h3-9,17H,10-11H2,1-2H3. The van der Waals surface area contributed by atoms with Crippen LogP contribution in [0.3, 0.4) is 0 Å². The van der Waals surface area contributed by atoms with Crippen molar-refractivity contribution in [2.75, 3.05) is 0 Å². The maximum absolute atomic E-state index is 8.96. The van der Waals surface area contributed by atoms with E-state index in [-0.39, 0.29) is 6.61 Å². The van der Waals surface area contributed by atoms with Gasteiger partial charge in [0.25, 0.3) is 0 Å². The Hall–Kier alpha value is -1.80. The Kier molecular flexibility index (Phi) is 4.00. The monoisotopic (exact) mass is 242 g/mol. The summed E-state index contributed by atoms with van der Waals surface area (Å²) < 4.78 is 5.74. The summed E-state index contributed by atoms with van der Waals surface area (Å²) in [4.78, 5) is 0. The number of rotatable bonds is 4. The molecule has 0 atom stereocenters. The predicted octanol–water partition coefficient (Wildman–Crippen LogP) is 3.37. The van der Waals surface area contributed by atoms with Gasteiger partial charge in [0.05, 0.1) is 6.61 Å². The van der Waals surface area contributed by atoms with Crippen LogP contribution in [-0.2, 0) is 13.2 Å². The van der Waals surface area contributed by atoms with E-state index in [0.29, 0.717) is 6.61 Å². The highest BCUT2D eigenvalue weighted by Crippen LogP contribution is 2.17. The van der Waals surface area contributed by atoms with Gasteiger partial charge < -0.3 is 9.84 Å². The van der Waals surface area contributed by atoms with Gasteiger partial charge in [0.15, 0.2) is 0 Å². The second-order valence-corrected chi connectivity index (χ2v) is 4.51. The molecule has 0 amide bonds. The molecule has 0 radical (unpaired) electrons. The van der Waals surface area contributed by atoms with Crippen molar-refractivity contribution in [3.63, 3.8) is 0 Å². The number of hydrogen-bond donors (Lipinski definition) is 1. The Balaban J connectivity index is 1.99. The molecule has 0 bridgehead atoms. The fraction of sp³-hybridized carbons (Fsp3) is 0.250. The highest BCUT2D eigenvalue weighted by molar-refractivity contribution is 5.34. The van der Waals surface area contributed by atoms with E-state index in [9.17, 15) is 0 Å². The Morgan fingerprint density at radius 2 is 1.56 bits per heavy atom. The summed E-state index contributed by atoms with van der Waals surface area (Å²) in [5.41, 5.74) is 4.54. The molecule has 0 heterocycles. The first kappa shape index (κ1) is 12.7. The zero-order chi connectivity index (χ0) is 13.0. The molecule has 0 spiro atoms. The lowest BCUT2D eigenvalue weighted by Gasteiger charge is -2.08. The van der Waals surface area contributed by atoms with Crippen LogP contribution >= 0.6 is 0 Å². The number of ether oxygens (including phenoxy) is 1. The minimum absolute atomic E-state index is 0.0816. The van der Waals surface area contributed by atoms with Crippen molar-refractivity contribution >= 4 is 0 Å². The molecule has 0 aliphatic carbocycles. The van der Waals surface area contributed by atoms with Gasteiger partial charge in [0.2, 0.25) is 0 Å². The molecule has 2 aromatic carbocycles.